The molecule has 0 unspecified atom stereocenters. The van der Waals surface area contributed by atoms with E-state index >= 15 is 0 Å². The Morgan fingerprint density at radius 2 is 1.53 bits per heavy atom. The lowest BCUT2D eigenvalue weighted by atomic mass is 9.86. The third-order valence-electron chi connectivity index (χ3n) is 3.46. The first-order valence-corrected chi connectivity index (χ1v) is 7.45. The van der Waals surface area contributed by atoms with Gasteiger partial charge in [-0.3, -0.25) is 0 Å². The minimum Gasteiger partial charge on any atom is -0.135 e. The lowest BCUT2D eigenvalue weighted by Gasteiger charge is -2.18. The molecule has 1 heteroatoms. The van der Waals surface area contributed by atoms with E-state index in [0.717, 1.165) is 0 Å². The van der Waals surface area contributed by atoms with Crippen LogP contribution in [0.15, 0.2) is 54.6 Å². The highest BCUT2D eigenvalue weighted by Crippen LogP contribution is 2.34. The van der Waals surface area contributed by atoms with Crippen molar-refractivity contribution >= 4 is 21.4 Å². The monoisotopic (exact) mass is 266 g/mol. The Kier molecular flexibility index (Phi) is 2.94. The van der Waals surface area contributed by atoms with Gasteiger partial charge in [-0.1, -0.05) is 63.2 Å². The Labute approximate surface area is 118 Å². The molecule has 0 aliphatic rings. The molecular weight excluding hydrogens is 248 g/mol. The van der Waals surface area contributed by atoms with Gasteiger partial charge in [-0.05, 0) is 34.1 Å². The molecule has 0 atom stereocenters. The zero-order chi connectivity index (χ0) is 13.5. The molecule has 96 valence electrons. The van der Waals surface area contributed by atoms with E-state index in [2.05, 4.69) is 75.4 Å². The van der Waals surface area contributed by atoms with Gasteiger partial charge in [-0.15, -0.1) is 11.3 Å². The van der Waals surface area contributed by atoms with Crippen molar-refractivity contribution in [1.29, 1.82) is 0 Å². The van der Waals surface area contributed by atoms with E-state index < -0.39 is 0 Å². The van der Waals surface area contributed by atoms with Gasteiger partial charge in [0.2, 0.25) is 0 Å². The molecular formula is C18H18S. The van der Waals surface area contributed by atoms with Gasteiger partial charge < -0.3 is 0 Å². The van der Waals surface area contributed by atoms with Gasteiger partial charge in [0.25, 0.3) is 0 Å². The largest absolute Gasteiger partial charge is 0.135 e. The van der Waals surface area contributed by atoms with Gasteiger partial charge in [0.05, 0.1) is 0 Å². The topological polar surface area (TPSA) is 0 Å². The maximum Gasteiger partial charge on any atom is 0.0355 e. The summed E-state index contributed by atoms with van der Waals surface area (Å²) < 4.78 is 1.36. The maximum atomic E-state index is 2.28. The summed E-state index contributed by atoms with van der Waals surface area (Å²) in [7, 11) is 0. The van der Waals surface area contributed by atoms with E-state index in [1.165, 1.54) is 26.1 Å². The molecule has 0 radical (unpaired) electrons. The zero-order valence-corrected chi connectivity index (χ0v) is 12.4. The lowest BCUT2D eigenvalue weighted by Crippen LogP contribution is -2.10. The smallest absolute Gasteiger partial charge is 0.0355 e. The second-order valence-corrected chi connectivity index (χ2v) is 7.06. The van der Waals surface area contributed by atoms with Crippen LogP contribution in [-0.2, 0) is 5.41 Å². The molecule has 0 saturated heterocycles. The molecule has 0 aliphatic heterocycles. The molecule has 0 fully saturated rings. The third kappa shape index (κ3) is 2.43. The van der Waals surface area contributed by atoms with Crippen LogP contribution in [0, 0.1) is 0 Å². The highest BCUT2D eigenvalue weighted by Gasteiger charge is 2.13. The number of fused-ring (bicyclic) bond motifs is 1. The van der Waals surface area contributed by atoms with Crippen LogP contribution in [0.2, 0.25) is 0 Å². The van der Waals surface area contributed by atoms with Gasteiger partial charge in [0.15, 0.2) is 0 Å². The van der Waals surface area contributed by atoms with Crippen molar-refractivity contribution in [2.24, 2.45) is 0 Å². The summed E-state index contributed by atoms with van der Waals surface area (Å²) in [6.07, 6.45) is 0. The van der Waals surface area contributed by atoms with Gasteiger partial charge in [0, 0.05) is 9.58 Å². The molecule has 3 aromatic rings. The number of hydrogen-bond donors (Lipinski definition) is 0. The standard InChI is InChI=1S/C18H18S/c1-18(2,3)15-10-8-13(9-11-15)17-12-14-6-4-5-7-16(14)19-17/h4-12H,1-3H3. The summed E-state index contributed by atoms with van der Waals surface area (Å²) in [5, 5.41) is 1.34. The molecule has 0 N–H and O–H groups in total. The average molecular weight is 266 g/mol. The zero-order valence-electron chi connectivity index (χ0n) is 11.6. The van der Waals surface area contributed by atoms with E-state index in [-0.39, 0.29) is 5.41 Å². The minimum atomic E-state index is 0.221. The predicted molar refractivity (Wildman–Crippen MR) is 86.0 cm³/mol. The van der Waals surface area contributed by atoms with E-state index in [1.807, 2.05) is 11.3 Å². The molecule has 0 bridgehead atoms. The molecule has 0 amide bonds. The van der Waals surface area contributed by atoms with Crippen LogP contribution in [-0.4, -0.2) is 0 Å². The first-order valence-electron chi connectivity index (χ1n) is 6.63. The molecule has 0 spiro atoms. The fraction of sp³-hybridized carbons (Fsp3) is 0.222. The molecule has 0 aliphatic carbocycles. The van der Waals surface area contributed by atoms with E-state index in [1.54, 1.807) is 0 Å². The Hall–Kier alpha value is -1.60. The van der Waals surface area contributed by atoms with Gasteiger partial charge in [-0.2, -0.15) is 0 Å². The summed E-state index contributed by atoms with van der Waals surface area (Å²) in [6.45, 7) is 6.75. The Bertz CT molecular complexity index is 663. The quantitative estimate of drug-likeness (QED) is 0.517. The molecule has 1 heterocycles. The number of benzene rings is 2. The number of thiophene rings is 1. The van der Waals surface area contributed by atoms with E-state index in [0.29, 0.717) is 0 Å². The number of rotatable bonds is 1. The molecule has 0 saturated carbocycles. The van der Waals surface area contributed by atoms with Gasteiger partial charge in [-0.25, -0.2) is 0 Å². The van der Waals surface area contributed by atoms with Crippen LogP contribution in [0.3, 0.4) is 0 Å². The Balaban J connectivity index is 2.02. The lowest BCUT2D eigenvalue weighted by molar-refractivity contribution is 0.590. The van der Waals surface area contributed by atoms with Crippen molar-refractivity contribution in [2.75, 3.05) is 0 Å². The van der Waals surface area contributed by atoms with Crippen molar-refractivity contribution in [3.63, 3.8) is 0 Å². The maximum absolute atomic E-state index is 2.28. The van der Waals surface area contributed by atoms with Crippen LogP contribution in [0.4, 0.5) is 0 Å². The van der Waals surface area contributed by atoms with Crippen molar-refractivity contribution in [3.8, 4) is 10.4 Å². The van der Waals surface area contributed by atoms with Crippen LogP contribution in [0.5, 0.6) is 0 Å². The molecule has 2 aromatic carbocycles. The van der Waals surface area contributed by atoms with Crippen LogP contribution < -0.4 is 0 Å². The second kappa shape index (κ2) is 4.50. The first kappa shape index (κ1) is 12.4. The van der Waals surface area contributed by atoms with Crippen LogP contribution in [0.25, 0.3) is 20.5 Å². The summed E-state index contributed by atoms with van der Waals surface area (Å²) in [4.78, 5) is 1.35. The second-order valence-electron chi connectivity index (χ2n) is 5.98. The molecule has 19 heavy (non-hydrogen) atoms. The molecule has 3 rings (SSSR count). The summed E-state index contributed by atoms with van der Waals surface area (Å²) in [5.41, 5.74) is 2.92. The Morgan fingerprint density at radius 1 is 0.842 bits per heavy atom. The predicted octanol–water partition coefficient (Wildman–Crippen LogP) is 5.87. The minimum absolute atomic E-state index is 0.221. The SMILES string of the molecule is CC(C)(C)c1ccc(-c2cc3ccccc3s2)cc1. The Morgan fingerprint density at radius 3 is 2.16 bits per heavy atom. The highest BCUT2D eigenvalue weighted by molar-refractivity contribution is 7.22. The van der Waals surface area contributed by atoms with Crippen LogP contribution in [0.1, 0.15) is 26.3 Å². The molecule has 0 nitrogen and oxygen atoms in total. The summed E-state index contributed by atoms with van der Waals surface area (Å²) >= 11 is 1.86. The summed E-state index contributed by atoms with van der Waals surface area (Å²) in [5.74, 6) is 0. The highest BCUT2D eigenvalue weighted by atomic mass is 32.1. The van der Waals surface area contributed by atoms with Crippen LogP contribution >= 0.6 is 11.3 Å². The van der Waals surface area contributed by atoms with Gasteiger partial charge >= 0.3 is 0 Å². The first-order chi connectivity index (χ1) is 9.04. The normalized spacial score (nSPS) is 11.9. The van der Waals surface area contributed by atoms with Crippen molar-refractivity contribution in [3.05, 3.63) is 60.2 Å². The average Bonchev–Trinajstić information content (AvgIpc) is 2.81. The fourth-order valence-electron chi connectivity index (χ4n) is 2.26. The third-order valence-corrected chi connectivity index (χ3v) is 4.63. The van der Waals surface area contributed by atoms with Crippen molar-refractivity contribution < 1.29 is 0 Å². The van der Waals surface area contributed by atoms with E-state index in [9.17, 15) is 0 Å². The van der Waals surface area contributed by atoms with Gasteiger partial charge in [0.1, 0.15) is 0 Å². The number of hydrogen-bond acceptors (Lipinski definition) is 1. The fourth-order valence-corrected chi connectivity index (χ4v) is 3.33. The summed E-state index contributed by atoms with van der Waals surface area (Å²) in [6, 6.07) is 19.8. The van der Waals surface area contributed by atoms with Crippen molar-refractivity contribution in [2.45, 2.75) is 26.2 Å². The van der Waals surface area contributed by atoms with E-state index in [4.69, 9.17) is 0 Å². The molecule has 1 aromatic heterocycles. The van der Waals surface area contributed by atoms with Crippen molar-refractivity contribution in [1.82, 2.24) is 0 Å².